The quantitative estimate of drug-likeness (QED) is 0.325. The average molecular weight is 423 g/mol. The molecule has 2 aromatic rings. The Morgan fingerprint density at radius 2 is 1.66 bits per heavy atom. The van der Waals surface area contributed by atoms with Crippen LogP contribution >= 0.6 is 11.6 Å². The molecule has 0 saturated heterocycles. The summed E-state index contributed by atoms with van der Waals surface area (Å²) in [5.74, 6) is -0.851. The minimum Gasteiger partial charge on any atom is -0.478 e. The molecule has 2 aromatic heterocycles. The number of hydrogen-bond donors (Lipinski definition) is 1. The molecule has 0 atom stereocenters. The molecule has 0 radical (unpaired) electrons. The fraction of sp³-hybridized carbons (Fsp3) is 0.429. The lowest BCUT2D eigenvalue weighted by Crippen LogP contribution is -2.04. The summed E-state index contributed by atoms with van der Waals surface area (Å²) in [7, 11) is 0. The fourth-order valence-corrected chi connectivity index (χ4v) is 2.30. The Hall–Kier alpha value is -2.67. The molecule has 7 nitrogen and oxygen atoms in total. The van der Waals surface area contributed by atoms with E-state index in [0.717, 1.165) is 6.42 Å². The van der Waals surface area contributed by atoms with Gasteiger partial charge in [0.25, 0.3) is 0 Å². The molecule has 1 N–H and O–H groups in total. The zero-order valence-electron chi connectivity index (χ0n) is 16.8. The smallest absolute Gasteiger partial charge is 0.339 e. The summed E-state index contributed by atoms with van der Waals surface area (Å²) in [5.41, 5.74) is 0.599. The molecule has 158 valence electrons. The highest BCUT2D eigenvalue weighted by molar-refractivity contribution is 6.29. The third-order valence-electron chi connectivity index (χ3n) is 3.72. The van der Waals surface area contributed by atoms with Crippen molar-refractivity contribution in [1.82, 2.24) is 9.97 Å². The number of ether oxygens (including phenoxy) is 2. The van der Waals surface area contributed by atoms with Gasteiger partial charge >= 0.3 is 11.9 Å². The van der Waals surface area contributed by atoms with E-state index in [0.29, 0.717) is 29.8 Å². The zero-order chi connectivity index (χ0) is 21.5. The molecule has 0 aliphatic rings. The number of carboxylic acid groups (broad SMARTS) is 1. The van der Waals surface area contributed by atoms with Crippen LogP contribution in [0.15, 0.2) is 36.7 Å². The highest BCUT2D eigenvalue weighted by Gasteiger charge is 2.05. The Balaban J connectivity index is 0.000000308. The van der Waals surface area contributed by atoms with Gasteiger partial charge in [-0.15, -0.1) is 0 Å². The van der Waals surface area contributed by atoms with Gasteiger partial charge in [-0.3, -0.25) is 0 Å². The number of carbonyl (C=O) groups is 2. The standard InChI is InChI=1S/C13H19NO3.C8H8ClNO2/c1-2-3-4-5-6-9-17-12-8-7-11(10-14-12)13(15)16;1-2-12-8(11)6-3-4-7(9)10-5-6/h7-8,10H,2-6,9H2,1H3,(H,15,16);3-5H,2H2,1H3. The Kier molecular flexibility index (Phi) is 12.1. The summed E-state index contributed by atoms with van der Waals surface area (Å²) in [5, 5.41) is 9.06. The van der Waals surface area contributed by atoms with Crippen molar-refractivity contribution in [1.29, 1.82) is 0 Å². The van der Waals surface area contributed by atoms with Crippen molar-refractivity contribution >= 4 is 23.5 Å². The maximum atomic E-state index is 11.1. The third-order valence-corrected chi connectivity index (χ3v) is 3.94. The van der Waals surface area contributed by atoms with E-state index in [4.69, 9.17) is 26.2 Å². The van der Waals surface area contributed by atoms with Gasteiger partial charge < -0.3 is 14.6 Å². The van der Waals surface area contributed by atoms with Crippen molar-refractivity contribution < 1.29 is 24.2 Å². The van der Waals surface area contributed by atoms with Crippen LogP contribution in [-0.2, 0) is 4.74 Å². The molecule has 0 amide bonds. The predicted molar refractivity (Wildman–Crippen MR) is 111 cm³/mol. The second-order valence-corrected chi connectivity index (χ2v) is 6.43. The molecule has 0 bridgehead atoms. The van der Waals surface area contributed by atoms with E-state index < -0.39 is 5.97 Å². The molecule has 0 spiro atoms. The lowest BCUT2D eigenvalue weighted by molar-refractivity contribution is 0.0525. The van der Waals surface area contributed by atoms with Gasteiger partial charge in [0.15, 0.2) is 0 Å². The molecule has 0 aliphatic carbocycles. The van der Waals surface area contributed by atoms with Crippen LogP contribution in [0.5, 0.6) is 5.88 Å². The molecule has 0 fully saturated rings. The van der Waals surface area contributed by atoms with Crippen LogP contribution in [0.1, 0.15) is 66.7 Å². The van der Waals surface area contributed by atoms with Crippen LogP contribution < -0.4 is 4.74 Å². The number of halogens is 1. The fourth-order valence-electron chi connectivity index (χ4n) is 2.19. The van der Waals surface area contributed by atoms with Crippen LogP contribution in [0.3, 0.4) is 0 Å². The van der Waals surface area contributed by atoms with Crippen molar-refractivity contribution in [2.45, 2.75) is 46.0 Å². The molecule has 2 rings (SSSR count). The minimum atomic E-state index is -0.969. The van der Waals surface area contributed by atoms with Gasteiger partial charge in [0.05, 0.1) is 24.3 Å². The summed E-state index contributed by atoms with van der Waals surface area (Å²) in [6.45, 7) is 4.94. The number of nitrogens with zero attached hydrogens (tertiary/aromatic N) is 2. The largest absolute Gasteiger partial charge is 0.478 e. The Labute approximate surface area is 176 Å². The summed E-state index contributed by atoms with van der Waals surface area (Å²) in [4.78, 5) is 29.3. The van der Waals surface area contributed by atoms with E-state index >= 15 is 0 Å². The first-order valence-electron chi connectivity index (χ1n) is 9.58. The predicted octanol–water partition coefficient (Wildman–Crippen LogP) is 5.04. The van der Waals surface area contributed by atoms with Crippen molar-refractivity contribution in [2.75, 3.05) is 13.2 Å². The van der Waals surface area contributed by atoms with Gasteiger partial charge in [0.2, 0.25) is 5.88 Å². The molecular formula is C21H27ClN2O5. The third kappa shape index (κ3) is 10.4. The van der Waals surface area contributed by atoms with Crippen LogP contribution in [0.4, 0.5) is 0 Å². The zero-order valence-corrected chi connectivity index (χ0v) is 17.5. The molecule has 0 saturated carbocycles. The maximum absolute atomic E-state index is 11.1. The Morgan fingerprint density at radius 1 is 0.966 bits per heavy atom. The SMILES string of the molecule is CCCCCCCOc1ccc(C(=O)O)cn1.CCOC(=O)c1ccc(Cl)nc1. The van der Waals surface area contributed by atoms with E-state index in [1.54, 1.807) is 25.1 Å². The summed E-state index contributed by atoms with van der Waals surface area (Å²) < 4.78 is 10.2. The summed E-state index contributed by atoms with van der Waals surface area (Å²) in [6, 6.07) is 6.22. The van der Waals surface area contributed by atoms with Gasteiger partial charge in [-0.2, -0.15) is 0 Å². The van der Waals surface area contributed by atoms with Gasteiger partial charge in [0, 0.05) is 18.5 Å². The molecule has 0 unspecified atom stereocenters. The van der Waals surface area contributed by atoms with E-state index in [-0.39, 0.29) is 11.5 Å². The lowest BCUT2D eigenvalue weighted by atomic mass is 10.2. The average Bonchev–Trinajstić information content (AvgIpc) is 2.72. The van der Waals surface area contributed by atoms with Crippen molar-refractivity contribution in [2.24, 2.45) is 0 Å². The highest BCUT2D eigenvalue weighted by Crippen LogP contribution is 2.09. The number of rotatable bonds is 10. The Morgan fingerprint density at radius 3 is 2.21 bits per heavy atom. The summed E-state index contributed by atoms with van der Waals surface area (Å²) in [6.07, 6.45) is 8.63. The first kappa shape index (κ1) is 24.4. The van der Waals surface area contributed by atoms with Crippen molar-refractivity contribution in [3.05, 3.63) is 52.9 Å². The van der Waals surface area contributed by atoms with E-state index in [1.165, 1.54) is 44.1 Å². The van der Waals surface area contributed by atoms with Crippen LogP contribution in [0.2, 0.25) is 5.15 Å². The van der Waals surface area contributed by atoms with E-state index in [2.05, 4.69) is 16.9 Å². The van der Waals surface area contributed by atoms with Gasteiger partial charge in [-0.25, -0.2) is 19.6 Å². The van der Waals surface area contributed by atoms with Crippen LogP contribution in [0, 0.1) is 0 Å². The molecule has 8 heteroatoms. The van der Waals surface area contributed by atoms with Gasteiger partial charge in [-0.1, -0.05) is 44.2 Å². The molecule has 2 heterocycles. The maximum Gasteiger partial charge on any atom is 0.339 e. The van der Waals surface area contributed by atoms with Crippen molar-refractivity contribution in [3.8, 4) is 5.88 Å². The number of unbranched alkanes of at least 4 members (excludes halogenated alkanes) is 4. The van der Waals surface area contributed by atoms with Gasteiger partial charge in [0.1, 0.15) is 5.15 Å². The number of carbonyl (C=O) groups excluding carboxylic acids is 1. The second kappa shape index (κ2) is 14.3. The highest BCUT2D eigenvalue weighted by atomic mass is 35.5. The number of esters is 1. The molecule has 0 aromatic carbocycles. The number of pyridine rings is 2. The number of hydrogen-bond acceptors (Lipinski definition) is 6. The Bertz CT molecular complexity index is 736. The monoisotopic (exact) mass is 422 g/mol. The van der Waals surface area contributed by atoms with Crippen LogP contribution in [-0.4, -0.2) is 40.2 Å². The first-order chi connectivity index (χ1) is 14.0. The normalized spacial score (nSPS) is 9.90. The topological polar surface area (TPSA) is 98.6 Å². The number of carboxylic acids is 1. The lowest BCUT2D eigenvalue weighted by Gasteiger charge is -2.04. The van der Waals surface area contributed by atoms with Crippen molar-refractivity contribution in [3.63, 3.8) is 0 Å². The molecule has 0 aliphatic heterocycles. The number of aromatic carboxylic acids is 1. The van der Waals surface area contributed by atoms with E-state index in [9.17, 15) is 9.59 Å². The second-order valence-electron chi connectivity index (χ2n) is 6.04. The molecule has 29 heavy (non-hydrogen) atoms. The first-order valence-corrected chi connectivity index (χ1v) is 9.96. The van der Waals surface area contributed by atoms with E-state index in [1.807, 2.05) is 0 Å². The minimum absolute atomic E-state index is 0.181. The van der Waals surface area contributed by atoms with Crippen LogP contribution in [0.25, 0.3) is 0 Å². The summed E-state index contributed by atoms with van der Waals surface area (Å²) >= 11 is 5.53. The van der Waals surface area contributed by atoms with Gasteiger partial charge in [-0.05, 0) is 31.5 Å². The molecular weight excluding hydrogens is 396 g/mol. The number of aromatic nitrogens is 2.